The molecule has 1 aromatic carbocycles. The van der Waals surface area contributed by atoms with Crippen LogP contribution in [0.4, 0.5) is 17.6 Å². The Morgan fingerprint density at radius 3 is 2.16 bits per heavy atom. The van der Waals surface area contributed by atoms with Gasteiger partial charge in [-0.1, -0.05) is 0 Å². The van der Waals surface area contributed by atoms with E-state index in [0.717, 1.165) is 25.0 Å². The molecule has 32 heavy (non-hydrogen) atoms. The van der Waals surface area contributed by atoms with Crippen molar-refractivity contribution < 1.29 is 34.9 Å². The summed E-state index contributed by atoms with van der Waals surface area (Å²) in [5.41, 5.74) is -5.89. The standard InChI is InChI=1S/C20H23F4N3O4S/c1-18(2)10-13(11-19(3,4)27-18)30-17-8-7-16(25-26-17)14-6-5-12(9-15(14)21)31-32(28,29)20(22,23)24/h5-9,13,27H,10-11H2,1-4H3. The van der Waals surface area contributed by atoms with Gasteiger partial charge < -0.3 is 14.2 Å². The maximum Gasteiger partial charge on any atom is 0.534 e. The second-order valence-corrected chi connectivity index (χ2v) is 10.5. The lowest BCUT2D eigenvalue weighted by molar-refractivity contribution is -0.0500. The molecule has 2 aromatic rings. The predicted molar refractivity (Wildman–Crippen MR) is 108 cm³/mol. The minimum absolute atomic E-state index is 0.0889. The summed E-state index contributed by atoms with van der Waals surface area (Å²) in [6.45, 7) is 8.31. The number of hydrogen-bond acceptors (Lipinski definition) is 7. The first-order valence-corrected chi connectivity index (χ1v) is 11.1. The van der Waals surface area contributed by atoms with Crippen LogP contribution in [0.2, 0.25) is 0 Å². The topological polar surface area (TPSA) is 90.4 Å². The molecule has 1 N–H and O–H groups in total. The van der Waals surface area contributed by atoms with Gasteiger partial charge in [-0.25, -0.2) is 4.39 Å². The third-order valence-corrected chi connectivity index (χ3v) is 5.76. The van der Waals surface area contributed by atoms with Crippen molar-refractivity contribution in [3.8, 4) is 22.9 Å². The fourth-order valence-corrected chi connectivity index (χ4v) is 4.39. The molecule has 7 nitrogen and oxygen atoms in total. The average Bonchev–Trinajstić information content (AvgIpc) is 2.58. The van der Waals surface area contributed by atoms with Gasteiger partial charge in [0.25, 0.3) is 0 Å². The average molecular weight is 477 g/mol. The van der Waals surface area contributed by atoms with E-state index in [9.17, 15) is 26.0 Å². The molecule has 1 aromatic heterocycles. The second-order valence-electron chi connectivity index (χ2n) is 8.92. The number of alkyl halides is 3. The Hall–Kier alpha value is -2.47. The Bertz CT molecular complexity index is 1070. The van der Waals surface area contributed by atoms with E-state index in [-0.39, 0.29) is 34.3 Å². The molecule has 0 spiro atoms. The molecule has 176 valence electrons. The molecule has 1 aliphatic heterocycles. The summed E-state index contributed by atoms with van der Waals surface area (Å²) in [6, 6.07) is 5.45. The number of ether oxygens (including phenoxy) is 1. The fraction of sp³-hybridized carbons (Fsp3) is 0.500. The summed E-state index contributed by atoms with van der Waals surface area (Å²) in [7, 11) is -5.90. The van der Waals surface area contributed by atoms with Gasteiger partial charge >= 0.3 is 15.6 Å². The molecule has 0 unspecified atom stereocenters. The molecule has 1 saturated heterocycles. The first-order chi connectivity index (χ1) is 14.6. The van der Waals surface area contributed by atoms with Crippen LogP contribution < -0.4 is 14.2 Å². The van der Waals surface area contributed by atoms with Crippen molar-refractivity contribution >= 4 is 10.1 Å². The third kappa shape index (κ3) is 5.66. The Kier molecular flexibility index (Phi) is 6.15. The summed E-state index contributed by atoms with van der Waals surface area (Å²) in [5.74, 6) is -1.58. The molecule has 3 rings (SSSR count). The monoisotopic (exact) mass is 477 g/mol. The van der Waals surface area contributed by atoms with Crippen LogP contribution >= 0.6 is 0 Å². The number of piperidine rings is 1. The van der Waals surface area contributed by atoms with Gasteiger partial charge in [0.15, 0.2) is 0 Å². The van der Waals surface area contributed by atoms with Gasteiger partial charge in [0.2, 0.25) is 5.88 Å². The SMILES string of the molecule is CC1(C)CC(Oc2ccc(-c3ccc(OS(=O)(=O)C(F)(F)F)cc3F)nn2)CC(C)(C)N1. The zero-order chi connectivity index (χ0) is 23.9. The zero-order valence-corrected chi connectivity index (χ0v) is 18.6. The molecule has 2 heterocycles. The zero-order valence-electron chi connectivity index (χ0n) is 17.8. The largest absolute Gasteiger partial charge is 0.534 e. The van der Waals surface area contributed by atoms with E-state index in [0.29, 0.717) is 6.07 Å². The van der Waals surface area contributed by atoms with E-state index in [4.69, 9.17) is 4.74 Å². The summed E-state index contributed by atoms with van der Waals surface area (Å²) in [5, 5.41) is 11.4. The lowest BCUT2D eigenvalue weighted by Gasteiger charge is -2.46. The van der Waals surface area contributed by atoms with Crippen molar-refractivity contribution in [3.63, 3.8) is 0 Å². The number of hydrogen-bond donors (Lipinski definition) is 1. The first kappa shape index (κ1) is 24.2. The third-order valence-electron chi connectivity index (χ3n) is 4.79. The van der Waals surface area contributed by atoms with Crippen molar-refractivity contribution in [2.45, 2.75) is 63.2 Å². The minimum atomic E-state index is -5.90. The maximum absolute atomic E-state index is 14.4. The quantitative estimate of drug-likeness (QED) is 0.392. The number of nitrogens with one attached hydrogen (secondary N) is 1. The molecule has 0 aliphatic carbocycles. The molecule has 0 bridgehead atoms. The lowest BCUT2D eigenvalue weighted by Crippen LogP contribution is -2.60. The van der Waals surface area contributed by atoms with Crippen LogP contribution in [0.25, 0.3) is 11.3 Å². The van der Waals surface area contributed by atoms with Crippen molar-refractivity contribution in [3.05, 3.63) is 36.1 Å². The highest BCUT2D eigenvalue weighted by Gasteiger charge is 2.48. The summed E-state index contributed by atoms with van der Waals surface area (Å²) in [4.78, 5) is 0. The van der Waals surface area contributed by atoms with Gasteiger partial charge in [-0.05, 0) is 45.9 Å². The molecular formula is C20H23F4N3O4S. The predicted octanol–water partition coefficient (Wildman–Crippen LogP) is 4.20. The van der Waals surface area contributed by atoms with Crippen LogP contribution in [-0.2, 0) is 10.1 Å². The number of halogens is 4. The summed E-state index contributed by atoms with van der Waals surface area (Å²) >= 11 is 0. The molecule has 0 saturated carbocycles. The number of benzene rings is 1. The molecule has 0 atom stereocenters. The second kappa shape index (κ2) is 8.14. The van der Waals surface area contributed by atoms with Crippen LogP contribution in [0.3, 0.4) is 0 Å². The number of nitrogens with zero attached hydrogens (tertiary/aromatic N) is 2. The smallest absolute Gasteiger partial charge is 0.473 e. The van der Waals surface area contributed by atoms with Crippen LogP contribution in [-0.4, -0.2) is 41.3 Å². The van der Waals surface area contributed by atoms with Crippen LogP contribution in [0.5, 0.6) is 11.6 Å². The molecule has 1 aliphatic rings. The van der Waals surface area contributed by atoms with Crippen molar-refractivity contribution in [1.82, 2.24) is 15.5 Å². The van der Waals surface area contributed by atoms with Gasteiger partial charge in [0, 0.05) is 41.6 Å². The van der Waals surface area contributed by atoms with Crippen LogP contribution in [0.15, 0.2) is 30.3 Å². The van der Waals surface area contributed by atoms with Gasteiger partial charge in [-0.3, -0.25) is 0 Å². The van der Waals surface area contributed by atoms with Gasteiger partial charge in [0.1, 0.15) is 17.7 Å². The maximum atomic E-state index is 14.4. The molecule has 12 heteroatoms. The molecule has 0 amide bonds. The molecular weight excluding hydrogens is 454 g/mol. The highest BCUT2D eigenvalue weighted by atomic mass is 32.2. The van der Waals surface area contributed by atoms with E-state index < -0.39 is 27.2 Å². The lowest BCUT2D eigenvalue weighted by atomic mass is 9.81. The van der Waals surface area contributed by atoms with Crippen molar-refractivity contribution in [2.24, 2.45) is 0 Å². The number of rotatable bonds is 5. The van der Waals surface area contributed by atoms with Crippen LogP contribution in [0, 0.1) is 5.82 Å². The van der Waals surface area contributed by atoms with E-state index in [1.165, 1.54) is 12.1 Å². The van der Waals surface area contributed by atoms with E-state index in [1.54, 1.807) is 0 Å². The van der Waals surface area contributed by atoms with Gasteiger partial charge in [0.05, 0.1) is 5.69 Å². The van der Waals surface area contributed by atoms with Crippen molar-refractivity contribution in [1.29, 1.82) is 0 Å². The first-order valence-electron chi connectivity index (χ1n) is 9.67. The molecule has 1 fully saturated rings. The highest BCUT2D eigenvalue weighted by Crippen LogP contribution is 2.32. The van der Waals surface area contributed by atoms with E-state index in [1.807, 2.05) is 0 Å². The van der Waals surface area contributed by atoms with Gasteiger partial charge in [-0.2, -0.15) is 21.6 Å². The van der Waals surface area contributed by atoms with Crippen molar-refractivity contribution in [2.75, 3.05) is 0 Å². The Labute approximate surface area is 183 Å². The number of aromatic nitrogens is 2. The molecule has 0 radical (unpaired) electrons. The summed E-state index contributed by atoms with van der Waals surface area (Å²) in [6.07, 6.45) is 1.39. The fourth-order valence-electron chi connectivity index (χ4n) is 3.94. The Morgan fingerprint density at radius 1 is 1.03 bits per heavy atom. The minimum Gasteiger partial charge on any atom is -0.473 e. The normalized spacial score (nSPS) is 18.9. The van der Waals surface area contributed by atoms with Gasteiger partial charge in [-0.15, -0.1) is 10.2 Å². The van der Waals surface area contributed by atoms with E-state index in [2.05, 4.69) is 47.4 Å². The Morgan fingerprint density at radius 2 is 1.66 bits per heavy atom. The van der Waals surface area contributed by atoms with Crippen LogP contribution in [0.1, 0.15) is 40.5 Å². The Balaban J connectivity index is 1.74. The highest BCUT2D eigenvalue weighted by molar-refractivity contribution is 7.88. The summed E-state index contributed by atoms with van der Waals surface area (Å²) < 4.78 is 83.6. The van der Waals surface area contributed by atoms with E-state index >= 15 is 0 Å².